The van der Waals surface area contributed by atoms with E-state index in [2.05, 4.69) is 11.8 Å². The summed E-state index contributed by atoms with van der Waals surface area (Å²) in [4.78, 5) is 40.6. The zero-order valence-electron chi connectivity index (χ0n) is 18.4. The molecule has 0 spiro atoms. The lowest BCUT2D eigenvalue weighted by Gasteiger charge is -2.34. The van der Waals surface area contributed by atoms with Gasteiger partial charge in [0.1, 0.15) is 21.8 Å². The number of thioether (sulfide) groups is 1. The Labute approximate surface area is 196 Å². The Morgan fingerprint density at radius 3 is 2.59 bits per heavy atom. The Morgan fingerprint density at radius 1 is 1.34 bits per heavy atom. The fraction of sp³-hybridized carbons (Fsp3) is 0.500. The van der Waals surface area contributed by atoms with Crippen LogP contribution in [0.15, 0.2) is 9.70 Å². The summed E-state index contributed by atoms with van der Waals surface area (Å²) >= 11 is 6.51. The number of carboxylic acids is 1. The maximum atomic E-state index is 13.0. The standard InChI is InChI=1S/C22H26N4O4S2/c1-13-6-9-25(10-7-13)19-15(14(2)16(12-23)20(29)24(19)3)11-17-21(30)26(22(31)32-17)8-4-5-18(27)28/h11,13H,4-10H2,1-3H3,(H,27,28)/b17-11+. The number of carbonyl (C=O) groups is 2. The molecule has 0 aromatic carbocycles. The van der Waals surface area contributed by atoms with Gasteiger partial charge < -0.3 is 10.0 Å². The summed E-state index contributed by atoms with van der Waals surface area (Å²) in [6.45, 7) is 5.75. The highest BCUT2D eigenvalue weighted by atomic mass is 32.2. The van der Waals surface area contributed by atoms with E-state index in [0.717, 1.165) is 37.7 Å². The number of hydrogen-bond donors (Lipinski definition) is 1. The van der Waals surface area contributed by atoms with Crippen LogP contribution in [0.3, 0.4) is 0 Å². The lowest BCUT2D eigenvalue weighted by Crippen LogP contribution is -2.38. The predicted molar refractivity (Wildman–Crippen MR) is 128 cm³/mol. The van der Waals surface area contributed by atoms with Crippen LogP contribution in [-0.2, 0) is 16.6 Å². The Kier molecular flexibility index (Phi) is 7.41. The molecule has 2 aliphatic rings. The number of anilines is 1. The Hall–Kier alpha value is -2.64. The molecule has 0 atom stereocenters. The lowest BCUT2D eigenvalue weighted by molar-refractivity contribution is -0.137. The number of nitriles is 1. The molecule has 2 saturated heterocycles. The summed E-state index contributed by atoms with van der Waals surface area (Å²) in [7, 11) is 1.66. The van der Waals surface area contributed by atoms with Crippen molar-refractivity contribution in [1.82, 2.24) is 9.47 Å². The molecule has 2 aliphatic heterocycles. The monoisotopic (exact) mass is 474 g/mol. The molecule has 32 heavy (non-hydrogen) atoms. The minimum absolute atomic E-state index is 0.0426. The van der Waals surface area contributed by atoms with Crippen molar-refractivity contribution in [3.05, 3.63) is 31.9 Å². The largest absolute Gasteiger partial charge is 0.481 e. The third kappa shape index (κ3) is 4.74. The number of amides is 1. The highest BCUT2D eigenvalue weighted by Gasteiger charge is 2.33. The second-order valence-corrected chi connectivity index (χ2v) is 9.89. The van der Waals surface area contributed by atoms with Crippen LogP contribution in [0, 0.1) is 24.2 Å². The number of nitrogens with zero attached hydrogens (tertiary/aromatic N) is 4. The number of thiocarbonyl (C=S) groups is 1. The molecule has 0 radical (unpaired) electrons. The minimum atomic E-state index is -0.920. The molecule has 1 amide bonds. The number of pyridine rings is 1. The molecule has 1 aromatic rings. The zero-order chi connectivity index (χ0) is 23.6. The van der Waals surface area contributed by atoms with Crippen LogP contribution >= 0.6 is 24.0 Å². The van der Waals surface area contributed by atoms with Crippen molar-refractivity contribution in [2.24, 2.45) is 13.0 Å². The fourth-order valence-corrected chi connectivity index (χ4v) is 5.32. The van der Waals surface area contributed by atoms with E-state index >= 15 is 0 Å². The van der Waals surface area contributed by atoms with Gasteiger partial charge in [-0.05, 0) is 43.7 Å². The quantitative estimate of drug-likeness (QED) is 0.496. The topological polar surface area (TPSA) is 107 Å². The van der Waals surface area contributed by atoms with E-state index in [4.69, 9.17) is 17.3 Å². The second kappa shape index (κ2) is 9.88. The van der Waals surface area contributed by atoms with Gasteiger partial charge in [-0.1, -0.05) is 30.9 Å². The van der Waals surface area contributed by atoms with Crippen LogP contribution in [-0.4, -0.2) is 50.4 Å². The third-order valence-electron chi connectivity index (χ3n) is 5.97. The number of aromatic nitrogens is 1. The SMILES string of the molecule is Cc1c(/C=C2/SC(=S)N(CCCC(=O)O)C2=O)c(N2CCC(C)CC2)n(C)c(=O)c1C#N. The summed E-state index contributed by atoms with van der Waals surface area (Å²) in [5.41, 5.74) is 0.923. The first-order valence-corrected chi connectivity index (χ1v) is 11.7. The molecule has 0 unspecified atom stereocenters. The zero-order valence-corrected chi connectivity index (χ0v) is 20.0. The second-order valence-electron chi connectivity index (χ2n) is 8.21. The van der Waals surface area contributed by atoms with Gasteiger partial charge in [0, 0.05) is 38.7 Å². The van der Waals surface area contributed by atoms with E-state index in [9.17, 15) is 19.6 Å². The summed E-state index contributed by atoms with van der Waals surface area (Å²) in [5, 5.41) is 18.4. The number of carboxylic acid groups (broad SMARTS) is 1. The van der Waals surface area contributed by atoms with Crippen LogP contribution in [0.4, 0.5) is 5.82 Å². The Morgan fingerprint density at radius 2 is 2.00 bits per heavy atom. The highest BCUT2D eigenvalue weighted by molar-refractivity contribution is 8.26. The van der Waals surface area contributed by atoms with E-state index in [0.29, 0.717) is 38.5 Å². The third-order valence-corrected chi connectivity index (χ3v) is 7.35. The van der Waals surface area contributed by atoms with Crippen LogP contribution in [0.25, 0.3) is 6.08 Å². The van der Waals surface area contributed by atoms with Gasteiger partial charge >= 0.3 is 5.97 Å². The summed E-state index contributed by atoms with van der Waals surface area (Å²) in [6.07, 6.45) is 3.99. The summed E-state index contributed by atoms with van der Waals surface area (Å²) < 4.78 is 1.88. The molecule has 3 rings (SSSR count). The number of hydrogen-bond acceptors (Lipinski definition) is 7. The van der Waals surface area contributed by atoms with Crippen molar-refractivity contribution < 1.29 is 14.7 Å². The maximum Gasteiger partial charge on any atom is 0.303 e. The molecule has 0 bridgehead atoms. The highest BCUT2D eigenvalue weighted by Crippen LogP contribution is 2.36. The minimum Gasteiger partial charge on any atom is -0.481 e. The smallest absolute Gasteiger partial charge is 0.303 e. The first kappa shape index (κ1) is 24.0. The molecular weight excluding hydrogens is 448 g/mol. The van der Waals surface area contributed by atoms with E-state index in [1.165, 1.54) is 9.47 Å². The molecule has 8 nitrogen and oxygen atoms in total. The van der Waals surface area contributed by atoms with Gasteiger partial charge in [0.15, 0.2) is 0 Å². The van der Waals surface area contributed by atoms with Crippen molar-refractivity contribution >= 4 is 52.1 Å². The molecule has 1 N–H and O–H groups in total. The van der Waals surface area contributed by atoms with Gasteiger partial charge in [-0.15, -0.1) is 0 Å². The average Bonchev–Trinajstić information content (AvgIpc) is 3.01. The molecular formula is C22H26N4O4S2. The Bertz CT molecular complexity index is 1090. The first-order chi connectivity index (χ1) is 15.1. The molecule has 0 aliphatic carbocycles. The van der Waals surface area contributed by atoms with Crippen molar-refractivity contribution in [1.29, 1.82) is 5.26 Å². The van der Waals surface area contributed by atoms with Gasteiger partial charge in [-0.3, -0.25) is 23.9 Å². The maximum absolute atomic E-state index is 13.0. The average molecular weight is 475 g/mol. The van der Waals surface area contributed by atoms with Crippen LogP contribution < -0.4 is 10.5 Å². The number of piperidine rings is 1. The fourth-order valence-electron chi connectivity index (χ4n) is 4.03. The van der Waals surface area contributed by atoms with Gasteiger partial charge in [0.05, 0.1) is 4.91 Å². The number of rotatable bonds is 6. The van der Waals surface area contributed by atoms with Gasteiger partial charge in [0.25, 0.3) is 11.5 Å². The molecule has 170 valence electrons. The van der Waals surface area contributed by atoms with Crippen LogP contribution in [0.1, 0.15) is 49.3 Å². The molecule has 3 heterocycles. The first-order valence-electron chi connectivity index (χ1n) is 10.5. The molecule has 10 heteroatoms. The van der Waals surface area contributed by atoms with Gasteiger partial charge in [-0.2, -0.15) is 5.26 Å². The van der Waals surface area contributed by atoms with Crippen molar-refractivity contribution in [2.45, 2.75) is 39.5 Å². The normalized spacial score (nSPS) is 18.5. The molecule has 0 saturated carbocycles. The van der Waals surface area contributed by atoms with E-state index in [1.54, 1.807) is 20.0 Å². The summed E-state index contributed by atoms with van der Waals surface area (Å²) in [5.74, 6) is 0.106. The van der Waals surface area contributed by atoms with E-state index < -0.39 is 5.97 Å². The Balaban J connectivity index is 2.04. The van der Waals surface area contributed by atoms with Crippen LogP contribution in [0.5, 0.6) is 0 Å². The molecule has 1 aromatic heterocycles. The number of aliphatic carboxylic acids is 1. The summed E-state index contributed by atoms with van der Waals surface area (Å²) in [6, 6.07) is 2.01. The predicted octanol–water partition coefficient (Wildman–Crippen LogP) is 2.87. The van der Waals surface area contributed by atoms with Crippen molar-refractivity contribution in [2.75, 3.05) is 24.5 Å². The van der Waals surface area contributed by atoms with Crippen molar-refractivity contribution in [3.63, 3.8) is 0 Å². The van der Waals surface area contributed by atoms with Crippen LogP contribution in [0.2, 0.25) is 0 Å². The van der Waals surface area contributed by atoms with Gasteiger partial charge in [0.2, 0.25) is 0 Å². The van der Waals surface area contributed by atoms with E-state index in [-0.39, 0.29) is 30.0 Å². The van der Waals surface area contributed by atoms with E-state index in [1.807, 2.05) is 6.07 Å². The van der Waals surface area contributed by atoms with Gasteiger partial charge in [-0.25, -0.2) is 0 Å². The van der Waals surface area contributed by atoms with Crippen molar-refractivity contribution in [3.8, 4) is 6.07 Å². The molecule has 2 fully saturated rings. The lowest BCUT2D eigenvalue weighted by atomic mass is 9.97. The number of carbonyl (C=O) groups excluding carboxylic acids is 1.